The number of halogens is 1. The van der Waals surface area contributed by atoms with Gasteiger partial charge in [-0.05, 0) is 42.0 Å². The van der Waals surface area contributed by atoms with Gasteiger partial charge in [0.05, 0.1) is 4.90 Å². The van der Waals surface area contributed by atoms with Crippen LogP contribution in [0.2, 0.25) is 0 Å². The van der Waals surface area contributed by atoms with E-state index in [9.17, 15) is 13.2 Å². The molecule has 0 heterocycles. The highest BCUT2D eigenvalue weighted by atomic mass is 79.9. The lowest BCUT2D eigenvalue weighted by Gasteiger charge is -2.14. The zero-order valence-corrected chi connectivity index (χ0v) is 17.1. The van der Waals surface area contributed by atoms with Gasteiger partial charge in [0.15, 0.2) is 0 Å². The second-order valence-electron chi connectivity index (χ2n) is 5.94. The van der Waals surface area contributed by atoms with Gasteiger partial charge in [-0.1, -0.05) is 28.1 Å². The first kappa shape index (κ1) is 20.4. The van der Waals surface area contributed by atoms with Crippen LogP contribution in [0.25, 0.3) is 0 Å². The van der Waals surface area contributed by atoms with Crippen molar-refractivity contribution in [2.75, 3.05) is 25.5 Å². The zero-order valence-electron chi connectivity index (χ0n) is 14.7. The van der Waals surface area contributed by atoms with E-state index in [0.717, 1.165) is 15.7 Å². The summed E-state index contributed by atoms with van der Waals surface area (Å²) in [5.74, 6) is -0.209. The summed E-state index contributed by atoms with van der Waals surface area (Å²) in [6.07, 6.45) is 0.0725. The number of rotatable bonds is 8. The van der Waals surface area contributed by atoms with E-state index in [0.29, 0.717) is 6.54 Å². The lowest BCUT2D eigenvalue weighted by atomic mass is 10.2. The standard InChI is InChI=1S/C18H22BrN3O3S/c1-22(2)16-5-3-4-14(12-16)13-20-18(23)10-11-21-26(24,25)17-8-6-15(19)7-9-17/h3-9,12,21H,10-11,13H2,1-2H3,(H,20,23). The largest absolute Gasteiger partial charge is 0.378 e. The van der Waals surface area contributed by atoms with E-state index in [1.54, 1.807) is 12.1 Å². The Morgan fingerprint density at radius 2 is 1.81 bits per heavy atom. The molecule has 2 rings (SSSR count). The second kappa shape index (κ2) is 9.16. The van der Waals surface area contributed by atoms with E-state index in [1.807, 2.05) is 43.3 Å². The number of anilines is 1. The molecule has 0 atom stereocenters. The van der Waals surface area contributed by atoms with E-state index < -0.39 is 10.0 Å². The number of nitrogens with one attached hydrogen (secondary N) is 2. The average Bonchev–Trinajstić information content (AvgIpc) is 2.60. The maximum atomic E-state index is 12.1. The van der Waals surface area contributed by atoms with E-state index in [4.69, 9.17) is 0 Å². The molecular weight excluding hydrogens is 418 g/mol. The predicted octanol–water partition coefficient (Wildman–Crippen LogP) is 2.50. The van der Waals surface area contributed by atoms with Crippen LogP contribution in [0.4, 0.5) is 5.69 Å². The fraction of sp³-hybridized carbons (Fsp3) is 0.278. The van der Waals surface area contributed by atoms with Gasteiger partial charge >= 0.3 is 0 Å². The average molecular weight is 440 g/mol. The molecule has 0 aliphatic heterocycles. The Hall–Kier alpha value is -1.90. The molecule has 140 valence electrons. The van der Waals surface area contributed by atoms with Crippen molar-refractivity contribution in [1.82, 2.24) is 10.0 Å². The van der Waals surface area contributed by atoms with Crippen LogP contribution in [0.3, 0.4) is 0 Å². The summed E-state index contributed by atoms with van der Waals surface area (Å²) in [6, 6.07) is 14.2. The molecule has 0 aliphatic rings. The molecule has 0 fully saturated rings. The topological polar surface area (TPSA) is 78.5 Å². The summed E-state index contributed by atoms with van der Waals surface area (Å²) in [7, 11) is 0.296. The SMILES string of the molecule is CN(C)c1cccc(CNC(=O)CCNS(=O)(=O)c2ccc(Br)cc2)c1. The number of benzene rings is 2. The quantitative estimate of drug-likeness (QED) is 0.661. The Kier molecular flexibility index (Phi) is 7.19. The van der Waals surface area contributed by atoms with Crippen molar-refractivity contribution < 1.29 is 13.2 Å². The van der Waals surface area contributed by atoms with Crippen LogP contribution >= 0.6 is 15.9 Å². The highest BCUT2D eigenvalue weighted by molar-refractivity contribution is 9.10. The number of carbonyl (C=O) groups excluding carboxylic acids is 1. The molecule has 0 saturated carbocycles. The van der Waals surface area contributed by atoms with Gasteiger partial charge in [-0.2, -0.15) is 0 Å². The van der Waals surface area contributed by atoms with Crippen molar-refractivity contribution in [3.63, 3.8) is 0 Å². The Labute approximate surface area is 162 Å². The van der Waals surface area contributed by atoms with Crippen LogP contribution in [0.5, 0.6) is 0 Å². The zero-order chi connectivity index (χ0) is 19.2. The van der Waals surface area contributed by atoms with Crippen molar-refractivity contribution in [3.05, 3.63) is 58.6 Å². The molecule has 0 bridgehead atoms. The molecule has 2 aromatic carbocycles. The molecule has 0 aromatic heterocycles. The summed E-state index contributed by atoms with van der Waals surface area (Å²) in [4.78, 5) is 14.1. The van der Waals surface area contributed by atoms with Gasteiger partial charge in [0, 0.05) is 43.8 Å². The van der Waals surface area contributed by atoms with Crippen molar-refractivity contribution in [1.29, 1.82) is 0 Å². The van der Waals surface area contributed by atoms with Crippen LogP contribution < -0.4 is 14.9 Å². The van der Waals surface area contributed by atoms with Gasteiger partial charge in [0.1, 0.15) is 0 Å². The third kappa shape index (κ3) is 6.12. The van der Waals surface area contributed by atoms with Crippen LogP contribution in [0, 0.1) is 0 Å². The van der Waals surface area contributed by atoms with Gasteiger partial charge in [0.2, 0.25) is 15.9 Å². The van der Waals surface area contributed by atoms with E-state index >= 15 is 0 Å². The number of hydrogen-bond acceptors (Lipinski definition) is 4. The minimum absolute atomic E-state index is 0.0436. The number of nitrogens with zero attached hydrogens (tertiary/aromatic N) is 1. The third-order valence-corrected chi connectivity index (χ3v) is 5.69. The summed E-state index contributed by atoms with van der Waals surface area (Å²) in [5.41, 5.74) is 2.04. The Morgan fingerprint density at radius 1 is 1.12 bits per heavy atom. The predicted molar refractivity (Wildman–Crippen MR) is 107 cm³/mol. The summed E-state index contributed by atoms with van der Waals surface area (Å²) in [6.45, 7) is 0.446. The molecule has 0 aliphatic carbocycles. The Balaban J connectivity index is 1.80. The summed E-state index contributed by atoms with van der Waals surface area (Å²) < 4.78 is 27.5. The van der Waals surface area contributed by atoms with Gasteiger partial charge in [-0.15, -0.1) is 0 Å². The highest BCUT2D eigenvalue weighted by Crippen LogP contribution is 2.15. The molecule has 2 N–H and O–H groups in total. The minimum atomic E-state index is -3.61. The second-order valence-corrected chi connectivity index (χ2v) is 8.63. The van der Waals surface area contributed by atoms with Crippen molar-refractivity contribution in [2.24, 2.45) is 0 Å². The van der Waals surface area contributed by atoms with Crippen LogP contribution in [-0.4, -0.2) is 35.0 Å². The lowest BCUT2D eigenvalue weighted by Crippen LogP contribution is -2.30. The third-order valence-electron chi connectivity index (χ3n) is 3.68. The lowest BCUT2D eigenvalue weighted by molar-refractivity contribution is -0.121. The van der Waals surface area contributed by atoms with Crippen LogP contribution in [-0.2, 0) is 21.4 Å². The van der Waals surface area contributed by atoms with Gasteiger partial charge in [0.25, 0.3) is 0 Å². The van der Waals surface area contributed by atoms with Gasteiger partial charge in [-0.25, -0.2) is 13.1 Å². The van der Waals surface area contributed by atoms with E-state index in [2.05, 4.69) is 26.0 Å². The first-order chi connectivity index (χ1) is 12.3. The van der Waals surface area contributed by atoms with Crippen molar-refractivity contribution in [3.8, 4) is 0 Å². The maximum Gasteiger partial charge on any atom is 0.240 e. The van der Waals surface area contributed by atoms with Crippen molar-refractivity contribution >= 4 is 37.5 Å². The molecular formula is C18H22BrN3O3S. The number of carbonyl (C=O) groups is 1. The molecule has 1 amide bonds. The normalized spacial score (nSPS) is 11.2. The van der Waals surface area contributed by atoms with Crippen molar-refractivity contribution in [2.45, 2.75) is 17.9 Å². The fourth-order valence-corrected chi connectivity index (χ4v) is 3.53. The first-order valence-corrected chi connectivity index (χ1v) is 10.3. The molecule has 6 nitrogen and oxygen atoms in total. The van der Waals surface area contributed by atoms with E-state index in [1.165, 1.54) is 12.1 Å². The number of sulfonamides is 1. The molecule has 0 unspecified atom stereocenters. The minimum Gasteiger partial charge on any atom is -0.378 e. The van der Waals surface area contributed by atoms with E-state index in [-0.39, 0.29) is 23.8 Å². The highest BCUT2D eigenvalue weighted by Gasteiger charge is 2.13. The smallest absolute Gasteiger partial charge is 0.240 e. The number of hydrogen-bond donors (Lipinski definition) is 2. The van der Waals surface area contributed by atoms with Gasteiger partial charge < -0.3 is 10.2 Å². The maximum absolute atomic E-state index is 12.1. The number of amides is 1. The molecule has 0 radical (unpaired) electrons. The molecule has 2 aromatic rings. The van der Waals surface area contributed by atoms with Crippen LogP contribution in [0.15, 0.2) is 57.9 Å². The van der Waals surface area contributed by atoms with Gasteiger partial charge in [-0.3, -0.25) is 4.79 Å². The first-order valence-electron chi connectivity index (χ1n) is 8.06. The Morgan fingerprint density at radius 3 is 2.46 bits per heavy atom. The summed E-state index contributed by atoms with van der Waals surface area (Å²) >= 11 is 3.26. The summed E-state index contributed by atoms with van der Waals surface area (Å²) in [5, 5.41) is 2.80. The molecule has 8 heteroatoms. The monoisotopic (exact) mass is 439 g/mol. The van der Waals surface area contributed by atoms with Crippen LogP contribution in [0.1, 0.15) is 12.0 Å². The Bertz CT molecular complexity index is 852. The molecule has 0 saturated heterocycles. The fourth-order valence-electron chi connectivity index (χ4n) is 2.23. The molecule has 0 spiro atoms. The molecule has 26 heavy (non-hydrogen) atoms.